The van der Waals surface area contributed by atoms with Crippen molar-refractivity contribution in [3.63, 3.8) is 0 Å². The summed E-state index contributed by atoms with van der Waals surface area (Å²) in [4.78, 5) is 2.25. The number of hydrogen-bond donors (Lipinski definition) is 1. The van der Waals surface area contributed by atoms with Crippen LogP contribution in [0.1, 0.15) is 24.9 Å². The normalized spacial score (nSPS) is 12.5. The highest BCUT2D eigenvalue weighted by Gasteiger charge is 2.09. The van der Waals surface area contributed by atoms with E-state index in [1.807, 2.05) is 7.05 Å². The molecule has 102 valence electrons. The third-order valence-electron chi connectivity index (χ3n) is 3.17. The van der Waals surface area contributed by atoms with E-state index in [0.29, 0.717) is 6.04 Å². The van der Waals surface area contributed by atoms with Crippen molar-refractivity contribution in [3.05, 3.63) is 28.2 Å². The van der Waals surface area contributed by atoms with Crippen molar-refractivity contribution < 1.29 is 4.74 Å². The number of anilines is 1. The molecule has 0 spiro atoms. The lowest BCUT2D eigenvalue weighted by Gasteiger charge is -2.21. The molecule has 1 unspecified atom stereocenters. The number of benzene rings is 1. The maximum atomic E-state index is 5.07. The largest absolute Gasteiger partial charge is 0.385 e. The molecular weight excluding hydrogens is 292 g/mol. The van der Waals surface area contributed by atoms with Crippen LogP contribution in [0.5, 0.6) is 0 Å². The predicted octanol–water partition coefficient (Wildman–Crippen LogP) is 3.20. The summed E-state index contributed by atoms with van der Waals surface area (Å²) in [6.07, 6.45) is 1.04. The Morgan fingerprint density at radius 1 is 1.44 bits per heavy atom. The maximum absolute atomic E-state index is 5.07. The Kier molecular flexibility index (Phi) is 6.68. The molecule has 0 aromatic heterocycles. The van der Waals surface area contributed by atoms with Gasteiger partial charge in [-0.3, -0.25) is 0 Å². The molecule has 0 aliphatic heterocycles. The highest BCUT2D eigenvalue weighted by molar-refractivity contribution is 9.10. The van der Waals surface area contributed by atoms with E-state index in [9.17, 15) is 0 Å². The second kappa shape index (κ2) is 7.77. The summed E-state index contributed by atoms with van der Waals surface area (Å²) in [5.41, 5.74) is 2.51. The third-order valence-corrected chi connectivity index (χ3v) is 3.85. The van der Waals surface area contributed by atoms with Gasteiger partial charge in [0.1, 0.15) is 0 Å². The average Bonchev–Trinajstić information content (AvgIpc) is 2.38. The minimum absolute atomic E-state index is 0.354. The number of rotatable bonds is 7. The van der Waals surface area contributed by atoms with Crippen LogP contribution >= 0.6 is 15.9 Å². The SMILES string of the molecule is CNC(C)c1ccc(N(C)CCCOC)cc1Br. The quantitative estimate of drug-likeness (QED) is 0.782. The number of halogens is 1. The van der Waals surface area contributed by atoms with Gasteiger partial charge in [0, 0.05) is 43.5 Å². The molecule has 0 saturated heterocycles. The molecule has 0 aliphatic rings. The van der Waals surface area contributed by atoms with Crippen LogP contribution in [0.25, 0.3) is 0 Å². The van der Waals surface area contributed by atoms with Gasteiger partial charge in [-0.2, -0.15) is 0 Å². The first kappa shape index (κ1) is 15.5. The van der Waals surface area contributed by atoms with Gasteiger partial charge in [0.25, 0.3) is 0 Å². The molecule has 0 fully saturated rings. The van der Waals surface area contributed by atoms with Gasteiger partial charge in [0.15, 0.2) is 0 Å². The minimum Gasteiger partial charge on any atom is -0.385 e. The summed E-state index contributed by atoms with van der Waals surface area (Å²) in [5, 5.41) is 3.25. The molecule has 1 N–H and O–H groups in total. The highest BCUT2D eigenvalue weighted by Crippen LogP contribution is 2.27. The van der Waals surface area contributed by atoms with Gasteiger partial charge in [-0.15, -0.1) is 0 Å². The average molecular weight is 315 g/mol. The lowest BCUT2D eigenvalue weighted by Crippen LogP contribution is -2.20. The van der Waals surface area contributed by atoms with Crippen LogP contribution in [-0.2, 0) is 4.74 Å². The van der Waals surface area contributed by atoms with Crippen molar-refractivity contribution in [3.8, 4) is 0 Å². The van der Waals surface area contributed by atoms with Crippen molar-refractivity contribution >= 4 is 21.6 Å². The molecule has 4 heteroatoms. The Balaban J connectivity index is 2.71. The van der Waals surface area contributed by atoms with Gasteiger partial charge in [0.2, 0.25) is 0 Å². The standard InChI is InChI=1S/C14H23BrN2O/c1-11(16-2)13-7-6-12(10-14(13)15)17(3)8-5-9-18-4/h6-7,10-11,16H,5,8-9H2,1-4H3. The van der Waals surface area contributed by atoms with Gasteiger partial charge in [-0.25, -0.2) is 0 Å². The topological polar surface area (TPSA) is 24.5 Å². The fourth-order valence-electron chi connectivity index (χ4n) is 1.84. The number of methoxy groups -OCH3 is 1. The summed E-state index contributed by atoms with van der Waals surface area (Å²) in [6.45, 7) is 3.96. The lowest BCUT2D eigenvalue weighted by molar-refractivity contribution is 0.196. The molecule has 0 aliphatic carbocycles. The molecule has 0 heterocycles. The Bertz CT molecular complexity index is 371. The number of nitrogens with one attached hydrogen (secondary N) is 1. The summed E-state index contributed by atoms with van der Waals surface area (Å²) < 4.78 is 6.23. The second-order valence-electron chi connectivity index (χ2n) is 4.48. The lowest BCUT2D eigenvalue weighted by atomic mass is 10.1. The van der Waals surface area contributed by atoms with Crippen LogP contribution in [0.3, 0.4) is 0 Å². The smallest absolute Gasteiger partial charge is 0.0479 e. The van der Waals surface area contributed by atoms with Gasteiger partial charge in [0.05, 0.1) is 0 Å². The predicted molar refractivity (Wildman–Crippen MR) is 81.4 cm³/mol. The molecule has 18 heavy (non-hydrogen) atoms. The first-order valence-corrected chi connectivity index (χ1v) is 7.06. The molecule has 1 rings (SSSR count). The van der Waals surface area contributed by atoms with Crippen molar-refractivity contribution in [2.24, 2.45) is 0 Å². The van der Waals surface area contributed by atoms with Gasteiger partial charge < -0.3 is 15.0 Å². The molecule has 1 aromatic rings. The maximum Gasteiger partial charge on any atom is 0.0479 e. The van der Waals surface area contributed by atoms with E-state index in [1.54, 1.807) is 7.11 Å². The van der Waals surface area contributed by atoms with E-state index >= 15 is 0 Å². The number of nitrogens with zero attached hydrogens (tertiary/aromatic N) is 1. The van der Waals surface area contributed by atoms with Gasteiger partial charge in [-0.05, 0) is 38.1 Å². The summed E-state index contributed by atoms with van der Waals surface area (Å²) >= 11 is 3.65. The Labute approximate surface area is 119 Å². The molecule has 1 atom stereocenters. The third kappa shape index (κ3) is 4.26. The molecule has 1 aromatic carbocycles. The van der Waals surface area contributed by atoms with Crippen molar-refractivity contribution in [1.82, 2.24) is 5.32 Å². The Morgan fingerprint density at radius 3 is 2.72 bits per heavy atom. The first-order chi connectivity index (χ1) is 8.60. The molecular formula is C14H23BrN2O. The van der Waals surface area contributed by atoms with E-state index in [4.69, 9.17) is 4.74 Å². The molecule has 0 saturated carbocycles. The van der Waals surface area contributed by atoms with Gasteiger partial charge in [-0.1, -0.05) is 22.0 Å². The van der Waals surface area contributed by atoms with E-state index in [2.05, 4.69) is 58.3 Å². The zero-order valence-electron chi connectivity index (χ0n) is 11.7. The zero-order chi connectivity index (χ0) is 13.5. The minimum atomic E-state index is 0.354. The highest BCUT2D eigenvalue weighted by atomic mass is 79.9. The fraction of sp³-hybridized carbons (Fsp3) is 0.571. The zero-order valence-corrected chi connectivity index (χ0v) is 13.3. The summed E-state index contributed by atoms with van der Waals surface area (Å²) in [6, 6.07) is 6.87. The van der Waals surface area contributed by atoms with E-state index in [1.165, 1.54) is 11.3 Å². The molecule has 3 nitrogen and oxygen atoms in total. The summed E-state index contributed by atoms with van der Waals surface area (Å²) in [7, 11) is 5.82. The molecule has 0 amide bonds. The monoisotopic (exact) mass is 314 g/mol. The van der Waals surface area contributed by atoms with E-state index in [0.717, 1.165) is 24.0 Å². The van der Waals surface area contributed by atoms with Crippen LogP contribution < -0.4 is 10.2 Å². The second-order valence-corrected chi connectivity index (χ2v) is 5.34. The van der Waals surface area contributed by atoms with Crippen molar-refractivity contribution in [2.75, 3.05) is 39.3 Å². The van der Waals surface area contributed by atoms with Crippen LogP contribution in [0, 0.1) is 0 Å². The van der Waals surface area contributed by atoms with Crippen molar-refractivity contribution in [2.45, 2.75) is 19.4 Å². The van der Waals surface area contributed by atoms with E-state index < -0.39 is 0 Å². The fourth-order valence-corrected chi connectivity index (χ4v) is 2.55. The Morgan fingerprint density at radius 2 is 2.17 bits per heavy atom. The van der Waals surface area contributed by atoms with Crippen LogP contribution in [0.15, 0.2) is 22.7 Å². The summed E-state index contributed by atoms with van der Waals surface area (Å²) in [5.74, 6) is 0. The van der Waals surface area contributed by atoms with E-state index in [-0.39, 0.29) is 0 Å². The number of ether oxygens (including phenoxy) is 1. The Hall–Kier alpha value is -0.580. The van der Waals surface area contributed by atoms with Crippen LogP contribution in [0.2, 0.25) is 0 Å². The van der Waals surface area contributed by atoms with Crippen LogP contribution in [-0.4, -0.2) is 34.4 Å². The number of hydrogen-bond acceptors (Lipinski definition) is 3. The van der Waals surface area contributed by atoms with Crippen LogP contribution in [0.4, 0.5) is 5.69 Å². The molecule has 0 radical (unpaired) electrons. The van der Waals surface area contributed by atoms with Gasteiger partial charge >= 0.3 is 0 Å². The van der Waals surface area contributed by atoms with Crippen molar-refractivity contribution in [1.29, 1.82) is 0 Å². The first-order valence-electron chi connectivity index (χ1n) is 6.27. The molecule has 0 bridgehead atoms.